The number of halogens is 1. The minimum absolute atomic E-state index is 0.791. The van der Waals surface area contributed by atoms with Gasteiger partial charge in [0.1, 0.15) is 6.33 Å². The van der Waals surface area contributed by atoms with E-state index in [1.165, 1.54) is 5.69 Å². The van der Waals surface area contributed by atoms with Crippen molar-refractivity contribution in [3.8, 4) is 0 Å². The number of benzene rings is 1. The maximum Gasteiger partial charge on any atom is 0.225 e. The molecule has 3 heterocycles. The van der Waals surface area contributed by atoms with E-state index in [1.54, 1.807) is 18.7 Å². The lowest BCUT2D eigenvalue weighted by Gasteiger charge is -2.36. The summed E-state index contributed by atoms with van der Waals surface area (Å²) in [5.74, 6) is 0.791. The summed E-state index contributed by atoms with van der Waals surface area (Å²) in [4.78, 5) is 21.7. The van der Waals surface area contributed by atoms with Gasteiger partial charge in [-0.05, 0) is 34.1 Å². The number of fused-ring (bicyclic) bond motifs is 1. The minimum Gasteiger partial charge on any atom is -0.368 e. The van der Waals surface area contributed by atoms with E-state index in [0.29, 0.717) is 0 Å². The second kappa shape index (κ2) is 6.08. The van der Waals surface area contributed by atoms with Gasteiger partial charge in [0.2, 0.25) is 5.95 Å². The Kier molecular flexibility index (Phi) is 3.78. The van der Waals surface area contributed by atoms with Crippen LogP contribution in [0.25, 0.3) is 10.9 Å². The van der Waals surface area contributed by atoms with Gasteiger partial charge >= 0.3 is 0 Å². The number of piperazine rings is 1. The Morgan fingerprint density at radius 2 is 1.61 bits per heavy atom. The molecule has 0 atom stereocenters. The molecule has 7 heteroatoms. The SMILES string of the molecule is Brc1cnc(N2CCN(c3ccc4ncncc4c3)CC2)nc1. The highest BCUT2D eigenvalue weighted by Crippen LogP contribution is 2.22. The highest BCUT2D eigenvalue weighted by atomic mass is 79.9. The first-order chi connectivity index (χ1) is 11.3. The molecule has 3 aromatic rings. The summed E-state index contributed by atoms with van der Waals surface area (Å²) in [6, 6.07) is 6.33. The van der Waals surface area contributed by atoms with Crippen LogP contribution in [0.1, 0.15) is 0 Å². The fraction of sp³-hybridized carbons (Fsp3) is 0.250. The van der Waals surface area contributed by atoms with E-state index < -0.39 is 0 Å². The van der Waals surface area contributed by atoms with E-state index in [-0.39, 0.29) is 0 Å². The van der Waals surface area contributed by atoms with Crippen LogP contribution in [0, 0.1) is 0 Å². The number of nitrogens with zero attached hydrogens (tertiary/aromatic N) is 6. The highest BCUT2D eigenvalue weighted by molar-refractivity contribution is 9.10. The van der Waals surface area contributed by atoms with Crippen LogP contribution in [-0.2, 0) is 0 Å². The Balaban J connectivity index is 1.49. The smallest absolute Gasteiger partial charge is 0.225 e. The first kappa shape index (κ1) is 14.3. The molecule has 1 fully saturated rings. The fourth-order valence-electron chi connectivity index (χ4n) is 2.80. The third-order valence-electron chi connectivity index (χ3n) is 4.02. The maximum absolute atomic E-state index is 4.37. The van der Waals surface area contributed by atoms with Gasteiger partial charge in [0.15, 0.2) is 0 Å². The predicted octanol–water partition coefficient (Wildman–Crippen LogP) is 2.51. The Hall–Kier alpha value is -2.28. The van der Waals surface area contributed by atoms with Gasteiger partial charge in [0.05, 0.1) is 9.99 Å². The zero-order valence-electron chi connectivity index (χ0n) is 12.4. The van der Waals surface area contributed by atoms with Crippen LogP contribution < -0.4 is 9.80 Å². The molecular formula is C16H15BrN6. The quantitative estimate of drug-likeness (QED) is 0.690. The summed E-state index contributed by atoms with van der Waals surface area (Å²) in [6.45, 7) is 3.70. The van der Waals surface area contributed by atoms with Gasteiger partial charge in [0, 0.05) is 55.8 Å². The van der Waals surface area contributed by atoms with Crippen molar-refractivity contribution in [1.82, 2.24) is 19.9 Å². The van der Waals surface area contributed by atoms with E-state index in [2.05, 4.69) is 63.9 Å². The van der Waals surface area contributed by atoms with Crippen LogP contribution in [-0.4, -0.2) is 46.1 Å². The minimum atomic E-state index is 0.791. The molecule has 23 heavy (non-hydrogen) atoms. The topological polar surface area (TPSA) is 58.0 Å². The van der Waals surface area contributed by atoms with Crippen molar-refractivity contribution in [2.45, 2.75) is 0 Å². The van der Waals surface area contributed by atoms with Gasteiger partial charge in [-0.25, -0.2) is 19.9 Å². The lowest BCUT2D eigenvalue weighted by molar-refractivity contribution is 0.640. The zero-order valence-corrected chi connectivity index (χ0v) is 14.0. The Labute approximate surface area is 142 Å². The number of rotatable bonds is 2. The Bertz CT molecular complexity index is 814. The van der Waals surface area contributed by atoms with E-state index in [1.807, 2.05) is 6.20 Å². The van der Waals surface area contributed by atoms with Gasteiger partial charge < -0.3 is 9.80 Å². The summed E-state index contributed by atoms with van der Waals surface area (Å²) in [5, 5.41) is 1.07. The Morgan fingerprint density at radius 3 is 2.39 bits per heavy atom. The summed E-state index contributed by atoms with van der Waals surface area (Å²) < 4.78 is 0.901. The van der Waals surface area contributed by atoms with Crippen LogP contribution in [0.3, 0.4) is 0 Å². The van der Waals surface area contributed by atoms with Gasteiger partial charge in [-0.3, -0.25) is 0 Å². The van der Waals surface area contributed by atoms with Crippen molar-refractivity contribution in [3.63, 3.8) is 0 Å². The van der Waals surface area contributed by atoms with Crippen molar-refractivity contribution < 1.29 is 0 Å². The zero-order chi connectivity index (χ0) is 15.6. The fourth-order valence-corrected chi connectivity index (χ4v) is 3.01. The first-order valence-corrected chi connectivity index (χ1v) is 8.26. The molecule has 0 aliphatic carbocycles. The van der Waals surface area contributed by atoms with Crippen LogP contribution in [0.2, 0.25) is 0 Å². The van der Waals surface area contributed by atoms with Crippen LogP contribution >= 0.6 is 15.9 Å². The van der Waals surface area contributed by atoms with Gasteiger partial charge in [-0.2, -0.15) is 0 Å². The van der Waals surface area contributed by atoms with Gasteiger partial charge in [0.25, 0.3) is 0 Å². The number of hydrogen-bond acceptors (Lipinski definition) is 6. The van der Waals surface area contributed by atoms with E-state index in [0.717, 1.165) is 47.5 Å². The van der Waals surface area contributed by atoms with Crippen molar-refractivity contribution in [2.24, 2.45) is 0 Å². The first-order valence-electron chi connectivity index (χ1n) is 7.47. The molecule has 2 aromatic heterocycles. The molecule has 1 aliphatic rings. The lowest BCUT2D eigenvalue weighted by Crippen LogP contribution is -2.47. The highest BCUT2D eigenvalue weighted by Gasteiger charge is 2.19. The molecule has 1 aliphatic heterocycles. The van der Waals surface area contributed by atoms with Crippen molar-refractivity contribution in [2.75, 3.05) is 36.0 Å². The van der Waals surface area contributed by atoms with Gasteiger partial charge in [-0.15, -0.1) is 0 Å². The second-order valence-electron chi connectivity index (χ2n) is 5.44. The average molecular weight is 371 g/mol. The monoisotopic (exact) mass is 370 g/mol. The molecule has 0 unspecified atom stereocenters. The standard InChI is InChI=1S/C16H15BrN6/c17-13-9-19-16(20-10-13)23-5-3-22(4-6-23)14-1-2-15-12(7-14)8-18-11-21-15/h1-2,7-11H,3-6H2. The number of hydrogen-bond donors (Lipinski definition) is 0. The summed E-state index contributed by atoms with van der Waals surface area (Å²) in [7, 11) is 0. The molecule has 0 amide bonds. The molecule has 0 N–H and O–H groups in total. The summed E-state index contributed by atoms with van der Waals surface area (Å²) >= 11 is 3.37. The predicted molar refractivity (Wildman–Crippen MR) is 93.7 cm³/mol. The van der Waals surface area contributed by atoms with Crippen molar-refractivity contribution in [1.29, 1.82) is 0 Å². The molecule has 1 saturated heterocycles. The third-order valence-corrected chi connectivity index (χ3v) is 4.43. The van der Waals surface area contributed by atoms with Crippen LogP contribution in [0.15, 0.2) is 47.6 Å². The van der Waals surface area contributed by atoms with Crippen LogP contribution in [0.5, 0.6) is 0 Å². The number of aromatic nitrogens is 4. The van der Waals surface area contributed by atoms with E-state index in [4.69, 9.17) is 0 Å². The van der Waals surface area contributed by atoms with Gasteiger partial charge in [-0.1, -0.05) is 0 Å². The molecular weight excluding hydrogens is 356 g/mol. The summed E-state index contributed by atoms with van der Waals surface area (Å²) in [5.41, 5.74) is 2.19. The molecule has 0 radical (unpaired) electrons. The molecule has 0 spiro atoms. The largest absolute Gasteiger partial charge is 0.368 e. The molecule has 0 saturated carbocycles. The molecule has 116 valence electrons. The van der Waals surface area contributed by atoms with Crippen molar-refractivity contribution >= 4 is 38.5 Å². The molecule has 4 rings (SSSR count). The molecule has 6 nitrogen and oxygen atoms in total. The van der Waals surface area contributed by atoms with Crippen LogP contribution in [0.4, 0.5) is 11.6 Å². The summed E-state index contributed by atoms with van der Waals surface area (Å²) in [6.07, 6.45) is 7.02. The second-order valence-corrected chi connectivity index (χ2v) is 6.36. The Morgan fingerprint density at radius 1 is 0.870 bits per heavy atom. The van der Waals surface area contributed by atoms with E-state index >= 15 is 0 Å². The third kappa shape index (κ3) is 2.96. The normalized spacial score (nSPS) is 15.2. The average Bonchev–Trinajstić information content (AvgIpc) is 2.62. The number of anilines is 2. The lowest BCUT2D eigenvalue weighted by atomic mass is 10.2. The van der Waals surface area contributed by atoms with E-state index in [9.17, 15) is 0 Å². The molecule has 1 aromatic carbocycles. The van der Waals surface area contributed by atoms with Crippen molar-refractivity contribution in [3.05, 3.63) is 47.6 Å². The maximum atomic E-state index is 4.37. The molecule has 0 bridgehead atoms.